The van der Waals surface area contributed by atoms with Gasteiger partial charge in [0.05, 0.1) is 23.8 Å². The van der Waals surface area contributed by atoms with Gasteiger partial charge in [0, 0.05) is 38.8 Å². The van der Waals surface area contributed by atoms with Crippen molar-refractivity contribution in [2.24, 2.45) is 7.05 Å². The SMILES string of the molecule is Cn1c(CCNC(=O)c2ccc3n2CCCN(S(C)(=O)=O)C3)nc2ccccc21. The molecule has 0 fully saturated rings. The second-order valence-corrected chi connectivity index (χ2v) is 9.38. The summed E-state index contributed by atoms with van der Waals surface area (Å²) >= 11 is 0. The lowest BCUT2D eigenvalue weighted by Gasteiger charge is -2.16. The van der Waals surface area contributed by atoms with E-state index in [0.29, 0.717) is 44.7 Å². The fraction of sp³-hybridized carbons (Fsp3) is 0.400. The van der Waals surface area contributed by atoms with Crippen LogP contribution >= 0.6 is 0 Å². The molecule has 9 heteroatoms. The molecule has 1 aliphatic heterocycles. The van der Waals surface area contributed by atoms with Crippen LogP contribution in [-0.4, -0.2) is 52.1 Å². The quantitative estimate of drug-likeness (QED) is 0.684. The molecule has 0 bridgehead atoms. The maximum atomic E-state index is 12.7. The van der Waals surface area contributed by atoms with Crippen LogP contribution in [0.2, 0.25) is 0 Å². The van der Waals surface area contributed by atoms with E-state index >= 15 is 0 Å². The van der Waals surface area contributed by atoms with E-state index in [9.17, 15) is 13.2 Å². The molecule has 29 heavy (non-hydrogen) atoms. The van der Waals surface area contributed by atoms with Crippen LogP contribution in [0.15, 0.2) is 36.4 Å². The monoisotopic (exact) mass is 415 g/mol. The van der Waals surface area contributed by atoms with Crippen molar-refractivity contribution in [1.29, 1.82) is 0 Å². The molecule has 1 aliphatic rings. The highest BCUT2D eigenvalue weighted by molar-refractivity contribution is 7.88. The fourth-order valence-electron chi connectivity index (χ4n) is 3.86. The van der Waals surface area contributed by atoms with Gasteiger partial charge >= 0.3 is 0 Å². The highest BCUT2D eigenvalue weighted by Gasteiger charge is 2.24. The van der Waals surface area contributed by atoms with E-state index in [-0.39, 0.29) is 5.91 Å². The number of hydrogen-bond acceptors (Lipinski definition) is 4. The number of aryl methyl sites for hydroxylation is 1. The van der Waals surface area contributed by atoms with Crippen molar-refractivity contribution in [3.8, 4) is 0 Å². The summed E-state index contributed by atoms with van der Waals surface area (Å²) in [6.07, 6.45) is 2.53. The highest BCUT2D eigenvalue weighted by atomic mass is 32.2. The molecule has 0 saturated carbocycles. The molecule has 3 heterocycles. The summed E-state index contributed by atoms with van der Waals surface area (Å²) in [6, 6.07) is 11.6. The number of para-hydroxylation sites is 2. The topological polar surface area (TPSA) is 89.2 Å². The lowest BCUT2D eigenvalue weighted by molar-refractivity contribution is 0.0944. The number of fused-ring (bicyclic) bond motifs is 2. The number of carbonyl (C=O) groups excluding carboxylic acids is 1. The van der Waals surface area contributed by atoms with E-state index in [2.05, 4.69) is 10.3 Å². The molecule has 1 N–H and O–H groups in total. The van der Waals surface area contributed by atoms with Gasteiger partial charge in [0.25, 0.3) is 5.91 Å². The molecular formula is C20H25N5O3S. The second-order valence-electron chi connectivity index (χ2n) is 7.39. The molecular weight excluding hydrogens is 390 g/mol. The molecule has 1 amide bonds. The Labute approximate surface area is 170 Å². The molecule has 0 unspecified atom stereocenters. The Balaban J connectivity index is 1.43. The Morgan fingerprint density at radius 2 is 1.97 bits per heavy atom. The molecule has 1 aromatic carbocycles. The summed E-state index contributed by atoms with van der Waals surface area (Å²) in [6.45, 7) is 1.87. The molecule has 0 spiro atoms. The lowest BCUT2D eigenvalue weighted by Crippen LogP contribution is -2.29. The molecule has 2 aromatic heterocycles. The van der Waals surface area contributed by atoms with E-state index in [1.54, 1.807) is 6.07 Å². The summed E-state index contributed by atoms with van der Waals surface area (Å²) in [5, 5.41) is 2.97. The van der Waals surface area contributed by atoms with Gasteiger partial charge in [-0.2, -0.15) is 4.31 Å². The van der Waals surface area contributed by atoms with Crippen LogP contribution in [0.4, 0.5) is 0 Å². The predicted octanol–water partition coefficient (Wildman–Crippen LogP) is 1.51. The minimum atomic E-state index is -3.25. The smallest absolute Gasteiger partial charge is 0.267 e. The molecule has 0 aliphatic carbocycles. The van der Waals surface area contributed by atoms with Crippen molar-refractivity contribution in [1.82, 2.24) is 23.7 Å². The first-order valence-corrected chi connectivity index (χ1v) is 11.5. The van der Waals surface area contributed by atoms with Crippen LogP contribution < -0.4 is 5.32 Å². The molecule has 8 nitrogen and oxygen atoms in total. The van der Waals surface area contributed by atoms with Crippen molar-refractivity contribution < 1.29 is 13.2 Å². The number of hydrogen-bond donors (Lipinski definition) is 1. The first kappa shape index (κ1) is 19.7. The zero-order valence-corrected chi connectivity index (χ0v) is 17.4. The summed E-state index contributed by atoms with van der Waals surface area (Å²) in [4.78, 5) is 17.4. The van der Waals surface area contributed by atoms with Crippen LogP contribution in [0.1, 0.15) is 28.4 Å². The van der Waals surface area contributed by atoms with Gasteiger partial charge in [-0.1, -0.05) is 12.1 Å². The number of benzene rings is 1. The van der Waals surface area contributed by atoms with Crippen LogP contribution in [0.5, 0.6) is 0 Å². The van der Waals surface area contributed by atoms with Gasteiger partial charge in [-0.25, -0.2) is 13.4 Å². The Morgan fingerprint density at radius 3 is 2.72 bits per heavy atom. The van der Waals surface area contributed by atoms with E-state index in [1.807, 2.05) is 46.5 Å². The van der Waals surface area contributed by atoms with E-state index in [0.717, 1.165) is 22.6 Å². The van der Waals surface area contributed by atoms with Crippen molar-refractivity contribution in [3.63, 3.8) is 0 Å². The number of aromatic nitrogens is 3. The minimum Gasteiger partial charge on any atom is -0.350 e. The van der Waals surface area contributed by atoms with Gasteiger partial charge in [-0.3, -0.25) is 4.79 Å². The zero-order chi connectivity index (χ0) is 20.6. The van der Waals surface area contributed by atoms with Crippen molar-refractivity contribution >= 4 is 27.0 Å². The number of nitrogens with one attached hydrogen (secondary N) is 1. The number of amides is 1. The standard InChI is InChI=1S/C20H25N5O3S/c1-23-17-7-4-3-6-16(17)22-19(23)10-11-21-20(26)18-9-8-15-14-24(29(2,27)28)12-5-13-25(15)18/h3-4,6-9H,5,10-14H2,1-2H3,(H,21,26). The number of sulfonamides is 1. The van der Waals surface area contributed by atoms with Crippen molar-refractivity contribution in [3.05, 3.63) is 53.6 Å². The third-order valence-electron chi connectivity index (χ3n) is 5.41. The van der Waals surface area contributed by atoms with E-state index in [4.69, 9.17) is 0 Å². The maximum absolute atomic E-state index is 12.7. The molecule has 0 atom stereocenters. The number of imidazole rings is 1. The average molecular weight is 416 g/mol. The first-order chi connectivity index (χ1) is 13.8. The summed E-state index contributed by atoms with van der Waals surface area (Å²) in [5.74, 6) is 0.770. The van der Waals surface area contributed by atoms with Gasteiger partial charge < -0.3 is 14.5 Å². The molecule has 154 valence electrons. The largest absolute Gasteiger partial charge is 0.350 e. The molecule has 3 aromatic rings. The molecule has 0 radical (unpaired) electrons. The number of rotatable bonds is 5. The molecule has 4 rings (SSSR count). The van der Waals surface area contributed by atoms with Crippen molar-refractivity contribution in [2.75, 3.05) is 19.3 Å². The van der Waals surface area contributed by atoms with Crippen molar-refractivity contribution in [2.45, 2.75) is 25.9 Å². The van der Waals surface area contributed by atoms with E-state index < -0.39 is 10.0 Å². The third-order valence-corrected chi connectivity index (χ3v) is 6.66. The summed E-state index contributed by atoms with van der Waals surface area (Å²) in [7, 11) is -1.27. The Kier molecular flexibility index (Phi) is 5.18. The van der Waals surface area contributed by atoms with Crippen LogP contribution in [0.25, 0.3) is 11.0 Å². The number of carbonyl (C=O) groups is 1. The lowest BCUT2D eigenvalue weighted by atomic mass is 10.3. The Hall–Kier alpha value is -2.65. The zero-order valence-electron chi connectivity index (χ0n) is 16.6. The minimum absolute atomic E-state index is 0.150. The van der Waals surface area contributed by atoms with Crippen LogP contribution in [0, 0.1) is 0 Å². The second kappa shape index (κ2) is 7.64. The maximum Gasteiger partial charge on any atom is 0.267 e. The van der Waals surface area contributed by atoms with Crippen LogP contribution in [-0.2, 0) is 36.6 Å². The fourth-order valence-corrected chi connectivity index (χ4v) is 4.68. The van der Waals surface area contributed by atoms with Gasteiger partial charge in [0.2, 0.25) is 10.0 Å². The number of nitrogens with zero attached hydrogens (tertiary/aromatic N) is 4. The average Bonchev–Trinajstić information content (AvgIpc) is 3.14. The highest BCUT2D eigenvalue weighted by Crippen LogP contribution is 2.19. The van der Waals surface area contributed by atoms with Gasteiger partial charge in [0.1, 0.15) is 11.5 Å². The normalized spacial score (nSPS) is 15.2. The first-order valence-electron chi connectivity index (χ1n) is 9.66. The third kappa shape index (κ3) is 3.92. The summed E-state index contributed by atoms with van der Waals surface area (Å²) < 4.78 is 29.2. The van der Waals surface area contributed by atoms with Crippen LogP contribution in [0.3, 0.4) is 0 Å². The molecule has 0 saturated heterocycles. The Bertz CT molecular complexity index is 1160. The van der Waals surface area contributed by atoms with Gasteiger partial charge in [-0.05, 0) is 30.7 Å². The van der Waals surface area contributed by atoms with Gasteiger partial charge in [0.15, 0.2) is 0 Å². The van der Waals surface area contributed by atoms with E-state index in [1.165, 1.54) is 10.6 Å². The Morgan fingerprint density at radius 1 is 1.17 bits per heavy atom. The van der Waals surface area contributed by atoms with Gasteiger partial charge in [-0.15, -0.1) is 0 Å². The summed E-state index contributed by atoms with van der Waals surface area (Å²) in [5.41, 5.74) is 3.43. The predicted molar refractivity (Wildman–Crippen MR) is 111 cm³/mol.